The van der Waals surface area contributed by atoms with E-state index in [4.69, 9.17) is 0 Å². The van der Waals surface area contributed by atoms with Crippen molar-refractivity contribution in [2.24, 2.45) is 0 Å². The van der Waals surface area contributed by atoms with E-state index in [2.05, 4.69) is 153 Å². The second-order valence-corrected chi connectivity index (χ2v) is 10.7. The van der Waals surface area contributed by atoms with E-state index < -0.39 is 0 Å². The minimum atomic E-state index is 0.315. The quantitative estimate of drug-likeness (QED) is 0.262. The highest BCUT2D eigenvalue weighted by atomic mass is 15.2. The molecule has 0 saturated carbocycles. The molecular weight excluding hydrogens is 496 g/mol. The van der Waals surface area contributed by atoms with Crippen molar-refractivity contribution >= 4 is 16.9 Å². The van der Waals surface area contributed by atoms with Crippen LogP contribution < -0.4 is 4.90 Å². The summed E-state index contributed by atoms with van der Waals surface area (Å²) >= 11 is 0. The lowest BCUT2D eigenvalue weighted by Gasteiger charge is -2.33. The lowest BCUT2D eigenvalue weighted by atomic mass is 9.95. The maximum Gasteiger partial charge on any atom is 0.0511 e. The van der Waals surface area contributed by atoms with Crippen molar-refractivity contribution in [1.29, 1.82) is 0 Å². The molecule has 2 heteroatoms. The molecule has 210 valence electrons. The molecule has 2 aliphatic rings. The van der Waals surface area contributed by atoms with Crippen LogP contribution in [0, 0.1) is 6.92 Å². The van der Waals surface area contributed by atoms with Crippen molar-refractivity contribution in [3.05, 3.63) is 162 Å². The number of anilines is 2. The molecular formula is C39H44N2. The Labute approximate surface area is 248 Å². The lowest BCUT2D eigenvalue weighted by molar-refractivity contribution is 0.321. The number of hydrogen-bond acceptors (Lipinski definition) is 2. The molecule has 2 aliphatic carbocycles. The molecule has 0 spiro atoms. The molecule has 1 unspecified atom stereocenters. The van der Waals surface area contributed by atoms with E-state index in [1.165, 1.54) is 45.0 Å². The molecule has 0 bridgehead atoms. The fourth-order valence-electron chi connectivity index (χ4n) is 5.31. The Balaban J connectivity index is 1.53. The molecule has 0 amide bonds. The summed E-state index contributed by atoms with van der Waals surface area (Å²) in [6.45, 7) is 13.2. The summed E-state index contributed by atoms with van der Waals surface area (Å²) < 4.78 is 0. The highest BCUT2D eigenvalue weighted by Crippen LogP contribution is 2.35. The Morgan fingerprint density at radius 3 is 2.51 bits per heavy atom. The van der Waals surface area contributed by atoms with E-state index in [-0.39, 0.29) is 0 Å². The summed E-state index contributed by atoms with van der Waals surface area (Å²) in [5.74, 6) is 0. The third-order valence-corrected chi connectivity index (χ3v) is 7.62. The molecule has 0 saturated heterocycles. The van der Waals surface area contributed by atoms with Crippen LogP contribution in [-0.4, -0.2) is 17.5 Å². The van der Waals surface area contributed by atoms with E-state index in [0.29, 0.717) is 6.04 Å². The number of rotatable bonds is 11. The minimum absolute atomic E-state index is 0.315. The van der Waals surface area contributed by atoms with Gasteiger partial charge in [-0.1, -0.05) is 103 Å². The molecule has 0 aromatic heterocycles. The van der Waals surface area contributed by atoms with Crippen LogP contribution in [0.25, 0.3) is 5.57 Å². The van der Waals surface area contributed by atoms with Crippen LogP contribution in [0.4, 0.5) is 11.4 Å². The average molecular weight is 541 g/mol. The molecule has 1 atom stereocenters. The Hall–Kier alpha value is -4.30. The van der Waals surface area contributed by atoms with Crippen LogP contribution in [0.2, 0.25) is 0 Å². The molecule has 2 nitrogen and oxygen atoms in total. The number of nitrogens with zero attached hydrogens (tertiary/aromatic N) is 2. The van der Waals surface area contributed by atoms with Crippen LogP contribution in [0.3, 0.4) is 0 Å². The van der Waals surface area contributed by atoms with Gasteiger partial charge < -0.3 is 9.80 Å². The Morgan fingerprint density at radius 2 is 1.85 bits per heavy atom. The summed E-state index contributed by atoms with van der Waals surface area (Å²) in [7, 11) is 0. The standard InChI is InChI=1S/C39H44N2/c1-6-8-9-10-14-28-40(33(5)29-31(3)7-2)36-24-20-34(21-25-36)35-22-26-38(27-23-35)41(37-17-12-11-13-18-37)39-19-15-16-32(4)30-39/h6-12,14-17,19-24,26-27,29-30,36H,1,13,18,25,28H2,2-5H3/b9-8-,14-10-,31-7-,33-29+. The van der Waals surface area contributed by atoms with Crippen molar-refractivity contribution in [1.82, 2.24) is 4.90 Å². The van der Waals surface area contributed by atoms with Crippen molar-refractivity contribution in [3.8, 4) is 0 Å². The molecule has 0 heterocycles. The second kappa shape index (κ2) is 14.9. The van der Waals surface area contributed by atoms with Gasteiger partial charge in [0.2, 0.25) is 0 Å². The molecule has 41 heavy (non-hydrogen) atoms. The van der Waals surface area contributed by atoms with Crippen molar-refractivity contribution in [3.63, 3.8) is 0 Å². The van der Waals surface area contributed by atoms with Crippen molar-refractivity contribution < 1.29 is 0 Å². The van der Waals surface area contributed by atoms with Gasteiger partial charge in [-0.25, -0.2) is 0 Å². The first-order valence-corrected chi connectivity index (χ1v) is 14.7. The molecule has 0 aliphatic heterocycles. The topological polar surface area (TPSA) is 6.48 Å². The fourth-order valence-corrected chi connectivity index (χ4v) is 5.31. The molecule has 4 rings (SSSR count). The molecule has 0 radical (unpaired) electrons. The van der Waals surface area contributed by atoms with Crippen LogP contribution in [0.5, 0.6) is 0 Å². The van der Waals surface area contributed by atoms with E-state index >= 15 is 0 Å². The van der Waals surface area contributed by atoms with Crippen molar-refractivity contribution in [2.45, 2.75) is 53.0 Å². The van der Waals surface area contributed by atoms with Crippen molar-refractivity contribution in [2.75, 3.05) is 11.4 Å². The molecule has 0 N–H and O–H groups in total. The van der Waals surface area contributed by atoms with Gasteiger partial charge in [0.15, 0.2) is 0 Å². The zero-order valence-electron chi connectivity index (χ0n) is 25.1. The predicted octanol–water partition coefficient (Wildman–Crippen LogP) is 10.5. The zero-order valence-corrected chi connectivity index (χ0v) is 25.1. The summed E-state index contributed by atoms with van der Waals surface area (Å²) in [5, 5.41) is 0. The maximum absolute atomic E-state index is 3.75. The van der Waals surface area contributed by atoms with Gasteiger partial charge in [0.25, 0.3) is 0 Å². The SMILES string of the molecule is C=C/C=C\C=C/CN(/C(C)=C/C(C)=C\C)C1C=CC(c2ccc(N(C3=CC=CCC3)c3cccc(C)c3)cc2)=CC1. The van der Waals surface area contributed by atoms with Crippen LogP contribution in [-0.2, 0) is 0 Å². The summed E-state index contributed by atoms with van der Waals surface area (Å²) in [6, 6.07) is 18.1. The van der Waals surface area contributed by atoms with Gasteiger partial charge in [0.1, 0.15) is 0 Å². The van der Waals surface area contributed by atoms with E-state index in [9.17, 15) is 0 Å². The third kappa shape index (κ3) is 8.11. The van der Waals surface area contributed by atoms with E-state index in [1.54, 1.807) is 6.08 Å². The Bertz CT molecular complexity index is 1440. The van der Waals surface area contributed by atoms with Gasteiger partial charge in [-0.2, -0.15) is 0 Å². The van der Waals surface area contributed by atoms with Crippen LogP contribution in [0.15, 0.2) is 151 Å². The number of benzene rings is 2. The van der Waals surface area contributed by atoms with Gasteiger partial charge in [-0.15, -0.1) is 0 Å². The normalized spacial score (nSPS) is 17.6. The largest absolute Gasteiger partial charge is 0.365 e. The maximum atomic E-state index is 3.75. The summed E-state index contributed by atoms with van der Waals surface area (Å²) in [6.07, 6.45) is 31.3. The first-order valence-electron chi connectivity index (χ1n) is 14.7. The smallest absolute Gasteiger partial charge is 0.0511 e. The fraction of sp³-hybridized carbons (Fsp3) is 0.231. The summed E-state index contributed by atoms with van der Waals surface area (Å²) in [5.41, 5.74) is 10.1. The highest BCUT2D eigenvalue weighted by molar-refractivity contribution is 5.78. The second-order valence-electron chi connectivity index (χ2n) is 10.7. The van der Waals surface area contributed by atoms with Crippen LogP contribution >= 0.6 is 0 Å². The Kier molecular flexibility index (Phi) is 10.8. The highest BCUT2D eigenvalue weighted by Gasteiger charge is 2.19. The molecule has 2 aromatic carbocycles. The van der Waals surface area contributed by atoms with Gasteiger partial charge in [0.05, 0.1) is 6.04 Å². The molecule has 0 fully saturated rings. The molecule has 2 aromatic rings. The third-order valence-electron chi connectivity index (χ3n) is 7.62. The van der Waals surface area contributed by atoms with Gasteiger partial charge in [0, 0.05) is 29.3 Å². The number of hydrogen-bond donors (Lipinski definition) is 0. The lowest BCUT2D eigenvalue weighted by Crippen LogP contribution is -2.33. The monoisotopic (exact) mass is 540 g/mol. The average Bonchev–Trinajstić information content (AvgIpc) is 3.00. The minimum Gasteiger partial charge on any atom is -0.365 e. The van der Waals surface area contributed by atoms with Gasteiger partial charge >= 0.3 is 0 Å². The predicted molar refractivity (Wildman–Crippen MR) is 180 cm³/mol. The Morgan fingerprint density at radius 1 is 1.02 bits per heavy atom. The van der Waals surface area contributed by atoms with Gasteiger partial charge in [-0.3, -0.25) is 0 Å². The summed E-state index contributed by atoms with van der Waals surface area (Å²) in [4.78, 5) is 4.88. The first kappa shape index (κ1) is 29.7. The van der Waals surface area contributed by atoms with E-state index in [0.717, 1.165) is 25.8 Å². The van der Waals surface area contributed by atoms with Gasteiger partial charge in [-0.05, 0) is 100 Å². The van der Waals surface area contributed by atoms with Crippen LogP contribution in [0.1, 0.15) is 51.2 Å². The van der Waals surface area contributed by atoms with E-state index in [1.807, 2.05) is 12.2 Å². The number of allylic oxidation sites excluding steroid dienone is 14. The zero-order chi connectivity index (χ0) is 29.0. The first-order chi connectivity index (χ1) is 20.0. The number of aryl methyl sites for hydroxylation is 1.